The summed E-state index contributed by atoms with van der Waals surface area (Å²) in [5.41, 5.74) is 0.637. The Bertz CT molecular complexity index is 839. The van der Waals surface area contributed by atoms with Gasteiger partial charge in [-0.25, -0.2) is 4.79 Å². The lowest BCUT2D eigenvalue weighted by atomic mass is 10.0. The highest BCUT2D eigenvalue weighted by atomic mass is 32.1. The summed E-state index contributed by atoms with van der Waals surface area (Å²) in [7, 11) is 0. The Morgan fingerprint density at radius 3 is 2.39 bits per heavy atom. The van der Waals surface area contributed by atoms with Crippen molar-refractivity contribution in [1.82, 2.24) is 0 Å². The third kappa shape index (κ3) is 3.30. The molecule has 4 nitrogen and oxygen atoms in total. The molecule has 5 heteroatoms. The van der Waals surface area contributed by atoms with E-state index in [4.69, 9.17) is 4.74 Å². The predicted octanol–water partition coefficient (Wildman–Crippen LogP) is 3.90. The first-order valence-electron chi connectivity index (χ1n) is 6.83. The van der Waals surface area contributed by atoms with Crippen LogP contribution in [0.5, 0.6) is 11.5 Å². The van der Waals surface area contributed by atoms with E-state index < -0.39 is 5.97 Å². The number of hydrogen-bond acceptors (Lipinski definition) is 5. The number of benzene rings is 2. The van der Waals surface area contributed by atoms with Crippen molar-refractivity contribution in [3.63, 3.8) is 0 Å². The van der Waals surface area contributed by atoms with E-state index in [1.165, 1.54) is 29.5 Å². The van der Waals surface area contributed by atoms with Gasteiger partial charge in [0.15, 0.2) is 5.78 Å². The maximum atomic E-state index is 12.3. The molecule has 0 saturated carbocycles. The molecule has 114 valence electrons. The molecule has 3 aromatic rings. The number of esters is 1. The van der Waals surface area contributed by atoms with Crippen LogP contribution in [0.25, 0.3) is 0 Å². The lowest BCUT2D eigenvalue weighted by Gasteiger charge is -2.07. The molecule has 1 heterocycles. The zero-order valence-electron chi connectivity index (χ0n) is 11.9. The van der Waals surface area contributed by atoms with E-state index in [1.807, 2.05) is 6.07 Å². The van der Waals surface area contributed by atoms with Crippen LogP contribution in [0.3, 0.4) is 0 Å². The third-order valence-electron chi connectivity index (χ3n) is 3.18. The number of aromatic hydroxyl groups is 1. The first-order chi connectivity index (χ1) is 11.1. The number of rotatable bonds is 4. The van der Waals surface area contributed by atoms with Gasteiger partial charge in [-0.05, 0) is 23.6 Å². The summed E-state index contributed by atoms with van der Waals surface area (Å²) >= 11 is 1.27. The minimum atomic E-state index is -0.499. The number of hydrogen-bond donors (Lipinski definition) is 1. The average Bonchev–Trinajstić information content (AvgIpc) is 3.10. The molecule has 0 aliphatic carbocycles. The van der Waals surface area contributed by atoms with Gasteiger partial charge in [-0.15, -0.1) is 11.3 Å². The van der Waals surface area contributed by atoms with Gasteiger partial charge in [-0.3, -0.25) is 4.79 Å². The molecular weight excluding hydrogens is 312 g/mol. The molecular formula is C18H12O4S. The van der Waals surface area contributed by atoms with Crippen LogP contribution in [-0.4, -0.2) is 16.9 Å². The molecule has 0 saturated heterocycles. The molecule has 0 aliphatic heterocycles. The van der Waals surface area contributed by atoms with E-state index in [0.717, 1.165) is 0 Å². The van der Waals surface area contributed by atoms with Crippen LogP contribution in [0, 0.1) is 0 Å². The highest BCUT2D eigenvalue weighted by molar-refractivity contribution is 7.12. The van der Waals surface area contributed by atoms with Crippen molar-refractivity contribution in [1.29, 1.82) is 0 Å². The fourth-order valence-electron chi connectivity index (χ4n) is 2.06. The Hall–Kier alpha value is -2.92. The highest BCUT2D eigenvalue weighted by Crippen LogP contribution is 2.26. The van der Waals surface area contributed by atoms with Gasteiger partial charge in [0.2, 0.25) is 0 Å². The first-order valence-corrected chi connectivity index (χ1v) is 7.71. The molecule has 3 rings (SSSR count). The van der Waals surface area contributed by atoms with E-state index in [1.54, 1.807) is 41.8 Å². The second-order valence-corrected chi connectivity index (χ2v) is 5.69. The van der Waals surface area contributed by atoms with Crippen molar-refractivity contribution in [2.45, 2.75) is 0 Å². The van der Waals surface area contributed by atoms with Crippen molar-refractivity contribution in [3.05, 3.63) is 82.0 Å². The van der Waals surface area contributed by atoms with Gasteiger partial charge >= 0.3 is 5.97 Å². The Balaban J connectivity index is 1.81. The van der Waals surface area contributed by atoms with Crippen molar-refractivity contribution >= 4 is 23.1 Å². The number of thiophene rings is 1. The van der Waals surface area contributed by atoms with Crippen LogP contribution in [-0.2, 0) is 0 Å². The van der Waals surface area contributed by atoms with E-state index in [9.17, 15) is 14.7 Å². The van der Waals surface area contributed by atoms with Crippen LogP contribution in [0.1, 0.15) is 25.6 Å². The molecule has 0 unspecified atom stereocenters. The molecule has 23 heavy (non-hydrogen) atoms. The Morgan fingerprint density at radius 2 is 1.74 bits per heavy atom. The number of phenols is 1. The fraction of sp³-hybridized carbons (Fsp3) is 0. The lowest BCUT2D eigenvalue weighted by molar-refractivity contribution is 0.0739. The van der Waals surface area contributed by atoms with Crippen molar-refractivity contribution in [2.75, 3.05) is 0 Å². The molecule has 0 radical (unpaired) electrons. The zero-order chi connectivity index (χ0) is 16.2. The minimum absolute atomic E-state index is 0.159. The maximum Gasteiger partial charge on any atom is 0.353 e. The monoisotopic (exact) mass is 324 g/mol. The summed E-state index contributed by atoms with van der Waals surface area (Å²) in [4.78, 5) is 24.7. The largest absolute Gasteiger partial charge is 0.507 e. The zero-order valence-corrected chi connectivity index (χ0v) is 12.7. The SMILES string of the molecule is O=C(Oc1ccc(C(=O)c2ccccc2)c(O)c1)c1cccs1. The van der Waals surface area contributed by atoms with Crippen LogP contribution >= 0.6 is 11.3 Å². The molecule has 0 bridgehead atoms. The van der Waals surface area contributed by atoms with Crippen LogP contribution in [0.15, 0.2) is 66.0 Å². The van der Waals surface area contributed by atoms with Gasteiger partial charge in [0, 0.05) is 11.6 Å². The number of ether oxygens (including phenoxy) is 1. The predicted molar refractivity (Wildman–Crippen MR) is 87.3 cm³/mol. The smallest absolute Gasteiger partial charge is 0.353 e. The standard InChI is InChI=1S/C18H12O4S/c19-15-11-13(22-18(21)16-7-4-10-23-16)8-9-14(15)17(20)12-5-2-1-3-6-12/h1-11,19H. The molecule has 1 N–H and O–H groups in total. The quantitative estimate of drug-likeness (QED) is 0.449. The lowest BCUT2D eigenvalue weighted by Crippen LogP contribution is -2.07. The molecule has 0 amide bonds. The fourth-order valence-corrected chi connectivity index (χ4v) is 2.66. The highest BCUT2D eigenvalue weighted by Gasteiger charge is 2.16. The van der Waals surface area contributed by atoms with Gasteiger partial charge in [-0.1, -0.05) is 36.4 Å². The van der Waals surface area contributed by atoms with Crippen LogP contribution in [0.4, 0.5) is 0 Å². The summed E-state index contributed by atoms with van der Waals surface area (Å²) in [6, 6.07) is 16.3. The average molecular weight is 324 g/mol. The molecule has 0 spiro atoms. The van der Waals surface area contributed by atoms with Gasteiger partial charge in [0.1, 0.15) is 16.4 Å². The number of phenolic OH excluding ortho intramolecular Hbond substituents is 1. The van der Waals surface area contributed by atoms with E-state index >= 15 is 0 Å². The molecule has 1 aromatic heterocycles. The van der Waals surface area contributed by atoms with Crippen molar-refractivity contribution < 1.29 is 19.4 Å². The van der Waals surface area contributed by atoms with Gasteiger partial charge in [0.25, 0.3) is 0 Å². The Labute approximate surface area is 136 Å². The summed E-state index contributed by atoms with van der Waals surface area (Å²) in [5.74, 6) is -0.832. The first kappa shape index (κ1) is 15.0. The summed E-state index contributed by atoms with van der Waals surface area (Å²) in [5, 5.41) is 11.8. The van der Waals surface area contributed by atoms with Gasteiger partial charge < -0.3 is 9.84 Å². The van der Waals surface area contributed by atoms with Crippen LogP contribution in [0.2, 0.25) is 0 Å². The number of ketones is 1. The second-order valence-electron chi connectivity index (χ2n) is 4.74. The molecule has 0 atom stereocenters. The topological polar surface area (TPSA) is 63.6 Å². The molecule has 0 fully saturated rings. The normalized spacial score (nSPS) is 10.3. The van der Waals surface area contributed by atoms with Crippen LogP contribution < -0.4 is 4.74 Å². The molecule has 2 aromatic carbocycles. The number of carbonyl (C=O) groups is 2. The molecule has 0 aliphatic rings. The third-order valence-corrected chi connectivity index (χ3v) is 4.03. The summed E-state index contributed by atoms with van der Waals surface area (Å²) in [6.45, 7) is 0. The second kappa shape index (κ2) is 6.46. The van der Waals surface area contributed by atoms with E-state index in [2.05, 4.69) is 0 Å². The van der Waals surface area contributed by atoms with Crippen molar-refractivity contribution in [3.8, 4) is 11.5 Å². The maximum absolute atomic E-state index is 12.3. The number of carbonyl (C=O) groups excluding carboxylic acids is 2. The Morgan fingerprint density at radius 1 is 0.957 bits per heavy atom. The van der Waals surface area contributed by atoms with Gasteiger partial charge in [-0.2, -0.15) is 0 Å². The van der Waals surface area contributed by atoms with Crippen molar-refractivity contribution in [2.24, 2.45) is 0 Å². The van der Waals surface area contributed by atoms with E-state index in [0.29, 0.717) is 10.4 Å². The summed E-state index contributed by atoms with van der Waals surface area (Å²) in [6.07, 6.45) is 0. The Kier molecular flexibility index (Phi) is 4.21. The van der Waals surface area contributed by atoms with E-state index in [-0.39, 0.29) is 22.8 Å². The summed E-state index contributed by atoms with van der Waals surface area (Å²) < 4.78 is 5.18. The van der Waals surface area contributed by atoms with Gasteiger partial charge in [0.05, 0.1) is 5.56 Å². The minimum Gasteiger partial charge on any atom is -0.507 e.